The molecular weight excluding hydrogens is 160 g/mol. The summed E-state index contributed by atoms with van der Waals surface area (Å²) in [4.78, 5) is 2.58. The Hall–Kier alpha value is -0.0800. The first kappa shape index (κ1) is 11.0. The topological polar surface area (TPSA) is 29.3 Å². The second kappa shape index (κ2) is 5.61. The van der Waals surface area contributed by atoms with Gasteiger partial charge in [0.1, 0.15) is 0 Å². The van der Waals surface area contributed by atoms with Crippen LogP contribution in [0, 0.1) is 5.92 Å². The van der Waals surface area contributed by atoms with Crippen molar-refractivity contribution < 1.29 is 0 Å². The number of hydrogen-bond acceptors (Lipinski definition) is 2. The van der Waals surface area contributed by atoms with Crippen molar-refractivity contribution in [2.45, 2.75) is 45.6 Å². The number of hydrogen-bond donors (Lipinski definition) is 1. The van der Waals surface area contributed by atoms with Gasteiger partial charge in [-0.1, -0.05) is 26.7 Å². The number of nitrogens with zero attached hydrogens (tertiary/aromatic N) is 1. The smallest absolute Gasteiger partial charge is 0.0244 e. The predicted molar refractivity (Wildman–Crippen MR) is 57.7 cm³/mol. The number of rotatable bonds is 5. The van der Waals surface area contributed by atoms with Gasteiger partial charge in [-0.15, -0.1) is 0 Å². The summed E-state index contributed by atoms with van der Waals surface area (Å²) in [6.45, 7) is 7.96. The monoisotopic (exact) mass is 184 g/mol. The van der Waals surface area contributed by atoms with Gasteiger partial charge < -0.3 is 5.73 Å². The summed E-state index contributed by atoms with van der Waals surface area (Å²) in [7, 11) is 0. The van der Waals surface area contributed by atoms with Crippen molar-refractivity contribution in [3.8, 4) is 0 Å². The molecule has 0 radical (unpaired) electrons. The quantitative estimate of drug-likeness (QED) is 0.661. The zero-order chi connectivity index (χ0) is 9.68. The van der Waals surface area contributed by atoms with Crippen molar-refractivity contribution >= 4 is 0 Å². The Kier molecular flexibility index (Phi) is 4.74. The average Bonchev–Trinajstić information content (AvgIpc) is 2.47. The molecule has 0 saturated carbocycles. The molecule has 0 aromatic heterocycles. The summed E-state index contributed by atoms with van der Waals surface area (Å²) < 4.78 is 0. The van der Waals surface area contributed by atoms with Crippen molar-refractivity contribution in [2.24, 2.45) is 11.7 Å². The summed E-state index contributed by atoms with van der Waals surface area (Å²) in [6.07, 6.45) is 5.37. The molecule has 78 valence electrons. The van der Waals surface area contributed by atoms with Crippen LogP contribution < -0.4 is 5.73 Å². The van der Waals surface area contributed by atoms with Crippen molar-refractivity contribution in [1.29, 1.82) is 0 Å². The fourth-order valence-electron chi connectivity index (χ4n) is 2.31. The maximum atomic E-state index is 5.78. The van der Waals surface area contributed by atoms with Gasteiger partial charge >= 0.3 is 0 Å². The van der Waals surface area contributed by atoms with Gasteiger partial charge in [0.2, 0.25) is 0 Å². The van der Waals surface area contributed by atoms with Crippen LogP contribution in [0.1, 0.15) is 39.5 Å². The molecular formula is C11H24N2. The van der Waals surface area contributed by atoms with Crippen LogP contribution in [0.4, 0.5) is 0 Å². The van der Waals surface area contributed by atoms with E-state index in [9.17, 15) is 0 Å². The standard InChI is InChI=1S/C11H24N2/c1-3-4-5-7-13-8-6-10(2)11(13)9-12/h10-11H,3-9,12H2,1-2H3. The third kappa shape index (κ3) is 2.96. The molecule has 2 unspecified atom stereocenters. The molecule has 13 heavy (non-hydrogen) atoms. The van der Waals surface area contributed by atoms with E-state index in [0.717, 1.165) is 12.5 Å². The molecule has 1 heterocycles. The Balaban J connectivity index is 2.24. The van der Waals surface area contributed by atoms with Gasteiger partial charge in [-0.3, -0.25) is 4.90 Å². The predicted octanol–water partition coefficient (Wildman–Crippen LogP) is 1.85. The minimum absolute atomic E-state index is 0.664. The van der Waals surface area contributed by atoms with Gasteiger partial charge in [0, 0.05) is 12.6 Å². The molecule has 2 N–H and O–H groups in total. The first-order valence-electron chi connectivity index (χ1n) is 5.73. The van der Waals surface area contributed by atoms with Crippen LogP contribution in [0.5, 0.6) is 0 Å². The van der Waals surface area contributed by atoms with Crippen LogP contribution in [0.2, 0.25) is 0 Å². The van der Waals surface area contributed by atoms with Crippen molar-refractivity contribution in [3.05, 3.63) is 0 Å². The summed E-state index contributed by atoms with van der Waals surface area (Å²) >= 11 is 0. The SMILES string of the molecule is CCCCCN1CCC(C)C1CN. The zero-order valence-corrected chi connectivity index (χ0v) is 9.13. The highest BCUT2D eigenvalue weighted by Crippen LogP contribution is 2.23. The van der Waals surface area contributed by atoms with Gasteiger partial charge in [-0.25, -0.2) is 0 Å². The molecule has 1 saturated heterocycles. The van der Waals surface area contributed by atoms with Crippen LogP contribution in [0.25, 0.3) is 0 Å². The number of likely N-dealkylation sites (tertiary alicyclic amines) is 1. The molecule has 0 amide bonds. The normalized spacial score (nSPS) is 29.8. The first-order chi connectivity index (χ1) is 6.29. The highest BCUT2D eigenvalue weighted by molar-refractivity contribution is 4.84. The lowest BCUT2D eigenvalue weighted by molar-refractivity contribution is 0.232. The molecule has 0 bridgehead atoms. The van der Waals surface area contributed by atoms with Crippen LogP contribution in [0.3, 0.4) is 0 Å². The van der Waals surface area contributed by atoms with Crippen LogP contribution >= 0.6 is 0 Å². The van der Waals surface area contributed by atoms with E-state index in [1.54, 1.807) is 0 Å². The molecule has 0 aromatic rings. The van der Waals surface area contributed by atoms with E-state index in [4.69, 9.17) is 5.73 Å². The van der Waals surface area contributed by atoms with Gasteiger partial charge in [0.25, 0.3) is 0 Å². The van der Waals surface area contributed by atoms with Gasteiger partial charge in [0.05, 0.1) is 0 Å². The third-order valence-electron chi connectivity index (χ3n) is 3.29. The highest BCUT2D eigenvalue weighted by atomic mass is 15.2. The molecule has 0 aromatic carbocycles. The zero-order valence-electron chi connectivity index (χ0n) is 9.13. The van der Waals surface area contributed by atoms with E-state index in [0.29, 0.717) is 6.04 Å². The van der Waals surface area contributed by atoms with Crippen LogP contribution in [0.15, 0.2) is 0 Å². The summed E-state index contributed by atoms with van der Waals surface area (Å²) in [5.74, 6) is 0.812. The Morgan fingerprint density at radius 2 is 2.15 bits per heavy atom. The van der Waals surface area contributed by atoms with E-state index >= 15 is 0 Å². The van der Waals surface area contributed by atoms with Crippen LogP contribution in [-0.4, -0.2) is 30.6 Å². The van der Waals surface area contributed by atoms with E-state index in [2.05, 4.69) is 18.7 Å². The molecule has 1 rings (SSSR count). The van der Waals surface area contributed by atoms with Crippen molar-refractivity contribution in [1.82, 2.24) is 4.90 Å². The van der Waals surface area contributed by atoms with Crippen molar-refractivity contribution in [3.63, 3.8) is 0 Å². The summed E-state index contributed by atoms with van der Waals surface area (Å²) in [6, 6.07) is 0.664. The molecule has 2 nitrogen and oxygen atoms in total. The Bertz CT molecular complexity index is 136. The number of nitrogens with two attached hydrogens (primary N) is 1. The Morgan fingerprint density at radius 3 is 2.77 bits per heavy atom. The largest absolute Gasteiger partial charge is 0.329 e. The molecule has 1 aliphatic heterocycles. The summed E-state index contributed by atoms with van der Waals surface area (Å²) in [5.41, 5.74) is 5.78. The van der Waals surface area contributed by atoms with Gasteiger partial charge in [0.15, 0.2) is 0 Å². The van der Waals surface area contributed by atoms with Gasteiger partial charge in [-0.2, -0.15) is 0 Å². The second-order valence-electron chi connectivity index (χ2n) is 4.31. The molecule has 0 spiro atoms. The lowest BCUT2D eigenvalue weighted by Crippen LogP contribution is -2.38. The van der Waals surface area contributed by atoms with Crippen molar-refractivity contribution in [2.75, 3.05) is 19.6 Å². The van der Waals surface area contributed by atoms with Gasteiger partial charge in [-0.05, 0) is 31.8 Å². The average molecular weight is 184 g/mol. The lowest BCUT2D eigenvalue weighted by Gasteiger charge is -2.25. The minimum atomic E-state index is 0.664. The number of unbranched alkanes of at least 4 members (excludes halogenated alkanes) is 2. The highest BCUT2D eigenvalue weighted by Gasteiger charge is 2.28. The maximum Gasteiger partial charge on any atom is 0.0244 e. The van der Waals surface area contributed by atoms with Crippen LogP contribution in [-0.2, 0) is 0 Å². The van der Waals surface area contributed by atoms with E-state index in [1.165, 1.54) is 38.8 Å². The molecule has 1 fully saturated rings. The maximum absolute atomic E-state index is 5.78. The Labute approximate surface area is 82.5 Å². The fourth-order valence-corrected chi connectivity index (χ4v) is 2.31. The fraction of sp³-hybridized carbons (Fsp3) is 1.00. The van der Waals surface area contributed by atoms with E-state index in [1.807, 2.05) is 0 Å². The molecule has 1 aliphatic rings. The lowest BCUT2D eigenvalue weighted by atomic mass is 10.0. The first-order valence-corrected chi connectivity index (χ1v) is 5.73. The third-order valence-corrected chi connectivity index (χ3v) is 3.29. The molecule has 2 heteroatoms. The molecule has 0 aliphatic carbocycles. The van der Waals surface area contributed by atoms with E-state index < -0.39 is 0 Å². The van der Waals surface area contributed by atoms with E-state index in [-0.39, 0.29) is 0 Å². The minimum Gasteiger partial charge on any atom is -0.329 e. The summed E-state index contributed by atoms with van der Waals surface area (Å²) in [5, 5.41) is 0. The molecule has 2 atom stereocenters. The Morgan fingerprint density at radius 1 is 1.38 bits per heavy atom. The second-order valence-corrected chi connectivity index (χ2v) is 4.31.